The van der Waals surface area contributed by atoms with E-state index in [0.29, 0.717) is 19.7 Å². The maximum atomic E-state index is 13.2. The Morgan fingerprint density at radius 2 is 2.22 bits per heavy atom. The van der Waals surface area contributed by atoms with Crippen LogP contribution in [0.4, 0.5) is 4.39 Å². The minimum atomic E-state index is -0.903. The third kappa shape index (κ3) is 4.81. The summed E-state index contributed by atoms with van der Waals surface area (Å²) in [5.74, 6) is -1.21. The number of carbonyl (C=O) groups is 1. The molecule has 0 saturated carbocycles. The van der Waals surface area contributed by atoms with Crippen molar-refractivity contribution in [3.8, 4) is 0 Å². The first-order valence-corrected chi connectivity index (χ1v) is 5.71. The highest BCUT2D eigenvalue weighted by atomic mass is 19.1. The largest absolute Gasteiger partial charge is 0.480 e. The van der Waals surface area contributed by atoms with Crippen LogP contribution in [0.15, 0.2) is 18.2 Å². The zero-order valence-electron chi connectivity index (χ0n) is 10.6. The van der Waals surface area contributed by atoms with Gasteiger partial charge in [0, 0.05) is 20.2 Å². The highest BCUT2D eigenvalue weighted by Crippen LogP contribution is 2.12. The molecule has 0 atom stereocenters. The highest BCUT2D eigenvalue weighted by Gasteiger charge is 2.11. The van der Waals surface area contributed by atoms with Crippen LogP contribution < -0.4 is 0 Å². The van der Waals surface area contributed by atoms with Gasteiger partial charge in [-0.15, -0.1) is 0 Å². The lowest BCUT2D eigenvalue weighted by Gasteiger charge is -2.20. The van der Waals surface area contributed by atoms with Gasteiger partial charge in [0.25, 0.3) is 0 Å². The van der Waals surface area contributed by atoms with Crippen molar-refractivity contribution >= 4 is 5.97 Å². The van der Waals surface area contributed by atoms with Crippen LogP contribution in [0.5, 0.6) is 0 Å². The van der Waals surface area contributed by atoms with Gasteiger partial charge >= 0.3 is 5.97 Å². The molecule has 0 radical (unpaired) electrons. The Hall–Kier alpha value is -1.46. The fourth-order valence-corrected chi connectivity index (χ4v) is 1.68. The summed E-state index contributed by atoms with van der Waals surface area (Å²) in [5.41, 5.74) is 1.75. The summed E-state index contributed by atoms with van der Waals surface area (Å²) in [5, 5.41) is 8.83. The second-order valence-corrected chi connectivity index (χ2v) is 4.17. The molecule has 4 nitrogen and oxygen atoms in total. The zero-order chi connectivity index (χ0) is 13.5. The molecular weight excluding hydrogens is 237 g/mol. The van der Waals surface area contributed by atoms with E-state index in [2.05, 4.69) is 0 Å². The van der Waals surface area contributed by atoms with Crippen LogP contribution in [0.25, 0.3) is 0 Å². The fraction of sp³-hybridized carbons (Fsp3) is 0.462. The van der Waals surface area contributed by atoms with E-state index >= 15 is 0 Å². The van der Waals surface area contributed by atoms with Crippen molar-refractivity contribution in [2.45, 2.75) is 13.5 Å². The Morgan fingerprint density at radius 3 is 2.83 bits per heavy atom. The van der Waals surface area contributed by atoms with Gasteiger partial charge in [-0.05, 0) is 30.2 Å². The minimum Gasteiger partial charge on any atom is -0.480 e. The molecule has 1 N–H and O–H groups in total. The molecule has 0 bridgehead atoms. The van der Waals surface area contributed by atoms with Crippen molar-refractivity contribution in [3.05, 3.63) is 35.1 Å². The summed E-state index contributed by atoms with van der Waals surface area (Å²) in [7, 11) is 1.56. The van der Waals surface area contributed by atoms with Crippen LogP contribution >= 0.6 is 0 Å². The van der Waals surface area contributed by atoms with Crippen molar-refractivity contribution < 1.29 is 19.0 Å². The zero-order valence-corrected chi connectivity index (χ0v) is 10.6. The lowest BCUT2D eigenvalue weighted by atomic mass is 10.1. The molecule has 0 amide bonds. The highest BCUT2D eigenvalue weighted by molar-refractivity contribution is 5.69. The third-order valence-corrected chi connectivity index (χ3v) is 2.68. The average Bonchev–Trinajstić information content (AvgIpc) is 2.30. The lowest BCUT2D eigenvalue weighted by molar-refractivity contribution is -0.138. The van der Waals surface area contributed by atoms with Crippen LogP contribution in [-0.4, -0.2) is 42.8 Å². The third-order valence-electron chi connectivity index (χ3n) is 2.68. The molecule has 18 heavy (non-hydrogen) atoms. The molecule has 0 fully saturated rings. The predicted molar refractivity (Wildman–Crippen MR) is 65.9 cm³/mol. The van der Waals surface area contributed by atoms with E-state index in [1.54, 1.807) is 18.1 Å². The van der Waals surface area contributed by atoms with Gasteiger partial charge in [-0.1, -0.05) is 6.07 Å². The van der Waals surface area contributed by atoms with Crippen LogP contribution in [0.3, 0.4) is 0 Å². The molecule has 100 valence electrons. The molecule has 0 aliphatic rings. The first-order valence-electron chi connectivity index (χ1n) is 5.71. The van der Waals surface area contributed by atoms with Crippen LogP contribution in [-0.2, 0) is 16.1 Å². The summed E-state index contributed by atoms with van der Waals surface area (Å²) in [6.45, 7) is 3.14. The summed E-state index contributed by atoms with van der Waals surface area (Å²) in [4.78, 5) is 12.5. The van der Waals surface area contributed by atoms with E-state index in [0.717, 1.165) is 11.1 Å². The predicted octanol–water partition coefficient (Wildman–Crippen LogP) is 1.67. The summed E-state index contributed by atoms with van der Waals surface area (Å²) in [6.07, 6.45) is 0. The number of aliphatic carboxylic acids is 1. The van der Waals surface area contributed by atoms with Crippen molar-refractivity contribution in [2.24, 2.45) is 0 Å². The molecule has 1 aromatic rings. The van der Waals surface area contributed by atoms with Crippen molar-refractivity contribution in [2.75, 3.05) is 26.8 Å². The molecule has 5 heteroatoms. The number of methoxy groups -OCH3 is 1. The summed E-state index contributed by atoms with van der Waals surface area (Å²) >= 11 is 0. The smallest absolute Gasteiger partial charge is 0.317 e. The number of carboxylic acids is 1. The molecular formula is C13H18FNO3. The molecule has 0 aromatic heterocycles. The van der Waals surface area contributed by atoms with Gasteiger partial charge in [0.2, 0.25) is 0 Å². The van der Waals surface area contributed by atoms with Gasteiger partial charge in [-0.2, -0.15) is 0 Å². The fourth-order valence-electron chi connectivity index (χ4n) is 1.68. The molecule has 1 rings (SSSR count). The minimum absolute atomic E-state index is 0.0840. The number of hydrogen-bond donors (Lipinski definition) is 1. The van der Waals surface area contributed by atoms with E-state index in [1.807, 2.05) is 6.92 Å². The van der Waals surface area contributed by atoms with Crippen molar-refractivity contribution in [1.29, 1.82) is 0 Å². The number of aryl methyl sites for hydroxylation is 1. The Morgan fingerprint density at radius 1 is 1.50 bits per heavy atom. The maximum Gasteiger partial charge on any atom is 0.317 e. The van der Waals surface area contributed by atoms with Gasteiger partial charge in [-0.3, -0.25) is 9.69 Å². The van der Waals surface area contributed by atoms with Gasteiger partial charge in [0.1, 0.15) is 5.82 Å². The molecule has 1 aromatic carbocycles. The van der Waals surface area contributed by atoms with Crippen molar-refractivity contribution in [1.82, 2.24) is 4.90 Å². The molecule has 0 heterocycles. The van der Waals surface area contributed by atoms with Gasteiger partial charge in [-0.25, -0.2) is 4.39 Å². The van der Waals surface area contributed by atoms with Gasteiger partial charge < -0.3 is 9.84 Å². The van der Waals surface area contributed by atoms with E-state index in [4.69, 9.17) is 9.84 Å². The number of rotatable bonds is 7. The number of ether oxygens (including phenoxy) is 1. The monoisotopic (exact) mass is 255 g/mol. The van der Waals surface area contributed by atoms with E-state index in [1.165, 1.54) is 12.1 Å². The van der Waals surface area contributed by atoms with Crippen molar-refractivity contribution in [3.63, 3.8) is 0 Å². The maximum absolute atomic E-state index is 13.2. The quantitative estimate of drug-likeness (QED) is 0.805. The molecule has 0 unspecified atom stereocenters. The molecule has 0 aliphatic heterocycles. The Kier molecular flexibility index (Phi) is 5.74. The second kappa shape index (κ2) is 7.08. The Bertz CT molecular complexity index is 409. The first-order chi connectivity index (χ1) is 8.52. The number of benzene rings is 1. The standard InChI is InChI=1S/C13H18FNO3/c1-10-3-4-12(14)7-11(10)8-15(5-6-18-2)9-13(16)17/h3-4,7H,5-6,8-9H2,1-2H3,(H,16,17). The van der Waals surface area contributed by atoms with E-state index < -0.39 is 5.97 Å². The molecule has 0 aliphatic carbocycles. The average molecular weight is 255 g/mol. The van der Waals surface area contributed by atoms with Gasteiger partial charge in [0.05, 0.1) is 13.2 Å². The van der Waals surface area contributed by atoms with Gasteiger partial charge in [0.15, 0.2) is 0 Å². The van der Waals surface area contributed by atoms with Crippen LogP contribution in [0.2, 0.25) is 0 Å². The SMILES string of the molecule is COCCN(CC(=O)O)Cc1cc(F)ccc1C. The number of carboxylic acid groups (broad SMARTS) is 1. The Balaban J connectivity index is 2.74. The van der Waals surface area contributed by atoms with Crippen LogP contribution in [0, 0.1) is 12.7 Å². The molecule has 0 saturated heterocycles. The second-order valence-electron chi connectivity index (χ2n) is 4.17. The molecule has 0 spiro atoms. The number of halogens is 1. The van der Waals surface area contributed by atoms with E-state index in [-0.39, 0.29) is 12.4 Å². The summed E-state index contributed by atoms with van der Waals surface area (Å²) < 4.78 is 18.1. The first kappa shape index (κ1) is 14.6. The number of nitrogens with zero attached hydrogens (tertiary/aromatic N) is 1. The van der Waals surface area contributed by atoms with E-state index in [9.17, 15) is 9.18 Å². The lowest BCUT2D eigenvalue weighted by Crippen LogP contribution is -2.32. The normalized spacial score (nSPS) is 10.9. The number of hydrogen-bond acceptors (Lipinski definition) is 3. The topological polar surface area (TPSA) is 49.8 Å². The summed E-state index contributed by atoms with van der Waals surface area (Å²) in [6, 6.07) is 4.53. The Labute approximate surface area is 106 Å². The van der Waals surface area contributed by atoms with Crippen LogP contribution in [0.1, 0.15) is 11.1 Å².